The summed E-state index contributed by atoms with van der Waals surface area (Å²) in [5, 5.41) is 3.11. The van der Waals surface area contributed by atoms with Gasteiger partial charge in [0.1, 0.15) is 11.9 Å². The first kappa shape index (κ1) is 15.4. The summed E-state index contributed by atoms with van der Waals surface area (Å²) in [4.78, 5) is 9.29. The SMILES string of the molecule is CCOC(c1nc(NC)cc(-c2ccccc2)n1)C(C)C. The van der Waals surface area contributed by atoms with E-state index in [9.17, 15) is 0 Å². The Morgan fingerprint density at radius 3 is 2.43 bits per heavy atom. The van der Waals surface area contributed by atoms with E-state index in [0.29, 0.717) is 12.5 Å². The Balaban J connectivity index is 2.47. The number of rotatable bonds is 6. The quantitative estimate of drug-likeness (QED) is 0.874. The molecule has 112 valence electrons. The fraction of sp³-hybridized carbons (Fsp3) is 0.412. The minimum Gasteiger partial charge on any atom is -0.373 e. The maximum absolute atomic E-state index is 5.83. The van der Waals surface area contributed by atoms with E-state index in [-0.39, 0.29) is 6.10 Å². The van der Waals surface area contributed by atoms with Gasteiger partial charge in [0.15, 0.2) is 5.82 Å². The van der Waals surface area contributed by atoms with E-state index < -0.39 is 0 Å². The maximum atomic E-state index is 5.83. The van der Waals surface area contributed by atoms with E-state index in [2.05, 4.69) is 36.3 Å². The summed E-state index contributed by atoms with van der Waals surface area (Å²) >= 11 is 0. The van der Waals surface area contributed by atoms with Crippen LogP contribution in [-0.4, -0.2) is 23.6 Å². The molecule has 21 heavy (non-hydrogen) atoms. The molecule has 0 fully saturated rings. The standard InChI is InChI=1S/C17H23N3O/c1-5-21-16(12(2)3)17-19-14(11-15(18-4)20-17)13-9-7-6-8-10-13/h6-12,16H,5H2,1-4H3,(H,18,19,20). The molecule has 0 saturated carbocycles. The first-order valence-corrected chi connectivity index (χ1v) is 7.39. The van der Waals surface area contributed by atoms with Gasteiger partial charge >= 0.3 is 0 Å². The first-order valence-electron chi connectivity index (χ1n) is 7.39. The molecule has 0 aliphatic carbocycles. The smallest absolute Gasteiger partial charge is 0.160 e. The van der Waals surface area contributed by atoms with Crippen molar-refractivity contribution in [3.8, 4) is 11.3 Å². The molecule has 1 aromatic carbocycles. The predicted molar refractivity (Wildman–Crippen MR) is 86.2 cm³/mol. The van der Waals surface area contributed by atoms with Crippen molar-refractivity contribution in [2.24, 2.45) is 5.92 Å². The van der Waals surface area contributed by atoms with Crippen molar-refractivity contribution in [2.45, 2.75) is 26.9 Å². The second-order valence-corrected chi connectivity index (χ2v) is 5.23. The summed E-state index contributed by atoms with van der Waals surface area (Å²) in [5.74, 6) is 1.86. The third kappa shape index (κ3) is 3.79. The number of nitrogens with zero attached hydrogens (tertiary/aromatic N) is 2. The summed E-state index contributed by atoms with van der Waals surface area (Å²) in [7, 11) is 1.87. The van der Waals surface area contributed by atoms with E-state index in [1.165, 1.54) is 0 Å². The van der Waals surface area contributed by atoms with Gasteiger partial charge in [0.05, 0.1) is 5.69 Å². The van der Waals surface area contributed by atoms with Crippen LogP contribution in [-0.2, 0) is 4.74 Å². The molecule has 1 unspecified atom stereocenters. The van der Waals surface area contributed by atoms with Crippen molar-refractivity contribution < 1.29 is 4.74 Å². The molecule has 2 aromatic rings. The molecule has 0 aliphatic heterocycles. The highest BCUT2D eigenvalue weighted by Gasteiger charge is 2.20. The highest BCUT2D eigenvalue weighted by atomic mass is 16.5. The molecular weight excluding hydrogens is 262 g/mol. The Morgan fingerprint density at radius 1 is 1.14 bits per heavy atom. The molecule has 0 saturated heterocycles. The second-order valence-electron chi connectivity index (χ2n) is 5.23. The molecule has 0 amide bonds. The Labute approximate surface area is 126 Å². The Kier molecular flexibility index (Phi) is 5.28. The highest BCUT2D eigenvalue weighted by molar-refractivity contribution is 5.62. The Bertz CT molecular complexity index is 570. The third-order valence-corrected chi connectivity index (χ3v) is 3.28. The Morgan fingerprint density at radius 2 is 1.86 bits per heavy atom. The summed E-state index contributed by atoms with van der Waals surface area (Å²) in [6.07, 6.45) is -0.0919. The molecular formula is C17H23N3O. The zero-order chi connectivity index (χ0) is 15.2. The van der Waals surface area contributed by atoms with Crippen LogP contribution in [0.2, 0.25) is 0 Å². The highest BCUT2D eigenvalue weighted by Crippen LogP contribution is 2.27. The normalized spacial score (nSPS) is 12.4. The molecule has 1 atom stereocenters. The van der Waals surface area contributed by atoms with Gasteiger partial charge in [-0.2, -0.15) is 0 Å². The van der Waals surface area contributed by atoms with Gasteiger partial charge in [-0.3, -0.25) is 0 Å². The maximum Gasteiger partial charge on any atom is 0.160 e. The Hall–Kier alpha value is -1.94. The zero-order valence-electron chi connectivity index (χ0n) is 13.1. The van der Waals surface area contributed by atoms with Crippen LogP contribution in [0.15, 0.2) is 36.4 Å². The van der Waals surface area contributed by atoms with Crippen LogP contribution >= 0.6 is 0 Å². The lowest BCUT2D eigenvalue weighted by atomic mass is 10.1. The van der Waals surface area contributed by atoms with Crippen molar-refractivity contribution in [1.82, 2.24) is 9.97 Å². The van der Waals surface area contributed by atoms with Gasteiger partial charge in [-0.1, -0.05) is 44.2 Å². The number of hydrogen-bond acceptors (Lipinski definition) is 4. The van der Waals surface area contributed by atoms with Crippen LogP contribution in [0.1, 0.15) is 32.7 Å². The van der Waals surface area contributed by atoms with Crippen LogP contribution < -0.4 is 5.32 Å². The number of aromatic nitrogens is 2. The number of benzene rings is 1. The van der Waals surface area contributed by atoms with Crippen molar-refractivity contribution >= 4 is 5.82 Å². The molecule has 4 heteroatoms. The molecule has 1 N–H and O–H groups in total. The van der Waals surface area contributed by atoms with Gasteiger partial charge in [0.25, 0.3) is 0 Å². The fourth-order valence-electron chi connectivity index (χ4n) is 2.22. The van der Waals surface area contributed by atoms with Crippen molar-refractivity contribution in [2.75, 3.05) is 19.0 Å². The summed E-state index contributed by atoms with van der Waals surface area (Å²) < 4.78 is 5.83. The molecule has 2 rings (SSSR count). The van der Waals surface area contributed by atoms with Crippen LogP contribution in [0.3, 0.4) is 0 Å². The second kappa shape index (κ2) is 7.18. The van der Waals surface area contributed by atoms with Gasteiger partial charge in [0.2, 0.25) is 0 Å². The summed E-state index contributed by atoms with van der Waals surface area (Å²) in [6.45, 7) is 6.89. The molecule has 1 aromatic heterocycles. The van der Waals surface area contributed by atoms with Crippen LogP contribution in [0.5, 0.6) is 0 Å². The average molecular weight is 285 g/mol. The lowest BCUT2D eigenvalue weighted by Gasteiger charge is -2.20. The topological polar surface area (TPSA) is 47.0 Å². The number of nitrogens with one attached hydrogen (secondary N) is 1. The lowest BCUT2D eigenvalue weighted by molar-refractivity contribution is 0.0234. The van der Waals surface area contributed by atoms with Crippen LogP contribution in [0, 0.1) is 5.92 Å². The van der Waals surface area contributed by atoms with E-state index in [1.807, 2.05) is 38.2 Å². The average Bonchev–Trinajstić information content (AvgIpc) is 2.52. The largest absolute Gasteiger partial charge is 0.373 e. The lowest BCUT2D eigenvalue weighted by Crippen LogP contribution is -2.15. The minimum atomic E-state index is -0.0919. The van der Waals surface area contributed by atoms with Gasteiger partial charge in [-0.25, -0.2) is 9.97 Å². The van der Waals surface area contributed by atoms with E-state index in [0.717, 1.165) is 22.9 Å². The monoisotopic (exact) mass is 285 g/mol. The molecule has 1 heterocycles. The van der Waals surface area contributed by atoms with Crippen molar-refractivity contribution in [3.05, 3.63) is 42.2 Å². The van der Waals surface area contributed by atoms with Gasteiger partial charge in [-0.05, 0) is 12.8 Å². The molecule has 0 bridgehead atoms. The number of anilines is 1. The van der Waals surface area contributed by atoms with Gasteiger partial charge in [0, 0.05) is 25.3 Å². The molecule has 0 radical (unpaired) electrons. The number of ether oxygens (including phenoxy) is 1. The van der Waals surface area contributed by atoms with Crippen LogP contribution in [0.4, 0.5) is 5.82 Å². The summed E-state index contributed by atoms with van der Waals surface area (Å²) in [5.41, 5.74) is 1.99. The van der Waals surface area contributed by atoms with E-state index in [4.69, 9.17) is 9.72 Å². The van der Waals surface area contributed by atoms with Gasteiger partial charge in [-0.15, -0.1) is 0 Å². The number of hydrogen-bond donors (Lipinski definition) is 1. The molecule has 4 nitrogen and oxygen atoms in total. The fourth-order valence-corrected chi connectivity index (χ4v) is 2.22. The summed E-state index contributed by atoms with van der Waals surface area (Å²) in [6, 6.07) is 12.1. The minimum absolute atomic E-state index is 0.0919. The van der Waals surface area contributed by atoms with E-state index in [1.54, 1.807) is 0 Å². The zero-order valence-corrected chi connectivity index (χ0v) is 13.1. The van der Waals surface area contributed by atoms with E-state index >= 15 is 0 Å². The van der Waals surface area contributed by atoms with Gasteiger partial charge < -0.3 is 10.1 Å². The predicted octanol–water partition coefficient (Wildman–Crippen LogP) is 3.92. The van der Waals surface area contributed by atoms with Crippen molar-refractivity contribution in [1.29, 1.82) is 0 Å². The van der Waals surface area contributed by atoms with Crippen LogP contribution in [0.25, 0.3) is 11.3 Å². The molecule has 0 aliphatic rings. The first-order chi connectivity index (χ1) is 10.2. The third-order valence-electron chi connectivity index (χ3n) is 3.28. The van der Waals surface area contributed by atoms with Crippen molar-refractivity contribution in [3.63, 3.8) is 0 Å². The molecule has 0 spiro atoms.